The molecule has 0 atom stereocenters. The Labute approximate surface area is 167 Å². The molecule has 2 aliphatic heterocycles. The van der Waals surface area contributed by atoms with Crippen LogP contribution in [0.15, 0.2) is 53.1 Å². The van der Waals surface area contributed by atoms with Crippen molar-refractivity contribution in [3.63, 3.8) is 0 Å². The average Bonchev–Trinajstić information content (AvgIpc) is 3.27. The van der Waals surface area contributed by atoms with Crippen molar-refractivity contribution in [3.8, 4) is 0 Å². The molecule has 0 aliphatic carbocycles. The molecule has 0 radical (unpaired) electrons. The van der Waals surface area contributed by atoms with E-state index in [4.69, 9.17) is 9.15 Å². The van der Waals surface area contributed by atoms with Gasteiger partial charge >= 0.3 is 0 Å². The number of piperidine rings is 1. The summed E-state index contributed by atoms with van der Waals surface area (Å²) in [5, 5.41) is 3.29. The summed E-state index contributed by atoms with van der Waals surface area (Å²) in [6, 6.07) is 14.2. The molecule has 1 aromatic carbocycles. The van der Waals surface area contributed by atoms with Crippen molar-refractivity contribution in [1.29, 1.82) is 0 Å². The van der Waals surface area contributed by atoms with Crippen LogP contribution in [0.5, 0.6) is 0 Å². The van der Waals surface area contributed by atoms with Gasteiger partial charge in [0, 0.05) is 19.8 Å². The zero-order valence-electron chi connectivity index (χ0n) is 16.4. The third-order valence-corrected chi connectivity index (χ3v) is 6.33. The maximum atomic E-state index is 13.2. The molecule has 4 rings (SSSR count). The first-order valence-corrected chi connectivity index (χ1v) is 10.4. The second-order valence-electron chi connectivity index (χ2n) is 8.07. The van der Waals surface area contributed by atoms with Crippen LogP contribution in [-0.4, -0.2) is 43.7 Å². The van der Waals surface area contributed by atoms with Crippen LogP contribution in [0.1, 0.15) is 37.0 Å². The Kier molecular flexibility index (Phi) is 6.13. The lowest BCUT2D eigenvalue weighted by Crippen LogP contribution is -2.49. The molecule has 5 nitrogen and oxygen atoms in total. The van der Waals surface area contributed by atoms with Crippen LogP contribution >= 0.6 is 0 Å². The Hall–Kier alpha value is -2.11. The lowest BCUT2D eigenvalue weighted by molar-refractivity contribution is -0.130. The standard InChI is InChI=1S/C23H30N2O3/c26-22(23(10-15-27-16-11-23)20-5-2-1-3-6-20)24-17-19-8-12-25(13-9-19)18-21-7-4-14-28-21/h1-7,14,19H,8-13,15-18H2,(H,24,26). The van der Waals surface area contributed by atoms with Gasteiger partial charge in [0.05, 0.1) is 18.2 Å². The zero-order chi connectivity index (χ0) is 19.2. The van der Waals surface area contributed by atoms with Crippen LogP contribution in [-0.2, 0) is 21.5 Å². The number of carbonyl (C=O) groups is 1. The minimum atomic E-state index is -0.445. The average molecular weight is 383 g/mol. The first-order valence-electron chi connectivity index (χ1n) is 10.4. The summed E-state index contributed by atoms with van der Waals surface area (Å²) in [6.45, 7) is 5.05. The van der Waals surface area contributed by atoms with Crippen LogP contribution in [0.2, 0.25) is 0 Å². The fourth-order valence-corrected chi connectivity index (χ4v) is 4.50. The Balaban J connectivity index is 1.31. The maximum absolute atomic E-state index is 13.2. The summed E-state index contributed by atoms with van der Waals surface area (Å²) in [4.78, 5) is 15.7. The van der Waals surface area contributed by atoms with Gasteiger partial charge in [-0.3, -0.25) is 9.69 Å². The molecule has 1 aromatic heterocycles. The molecule has 2 saturated heterocycles. The second-order valence-corrected chi connectivity index (χ2v) is 8.07. The fraction of sp³-hybridized carbons (Fsp3) is 0.522. The molecule has 0 spiro atoms. The number of carbonyl (C=O) groups excluding carboxylic acids is 1. The van der Waals surface area contributed by atoms with Gasteiger partial charge in [-0.2, -0.15) is 0 Å². The number of likely N-dealkylation sites (tertiary alicyclic amines) is 1. The summed E-state index contributed by atoms with van der Waals surface area (Å²) < 4.78 is 11.0. The number of rotatable bonds is 6. The number of ether oxygens (including phenoxy) is 1. The smallest absolute Gasteiger partial charge is 0.230 e. The van der Waals surface area contributed by atoms with Crippen LogP contribution < -0.4 is 5.32 Å². The van der Waals surface area contributed by atoms with Crippen molar-refractivity contribution < 1.29 is 13.9 Å². The highest BCUT2D eigenvalue weighted by Gasteiger charge is 2.41. The number of nitrogens with one attached hydrogen (secondary N) is 1. The minimum Gasteiger partial charge on any atom is -0.468 e. The van der Waals surface area contributed by atoms with Crippen LogP contribution in [0, 0.1) is 5.92 Å². The van der Waals surface area contributed by atoms with Crippen molar-refractivity contribution in [1.82, 2.24) is 10.2 Å². The molecule has 3 heterocycles. The molecular weight excluding hydrogens is 352 g/mol. The van der Waals surface area contributed by atoms with E-state index < -0.39 is 5.41 Å². The van der Waals surface area contributed by atoms with Gasteiger partial charge in [-0.15, -0.1) is 0 Å². The topological polar surface area (TPSA) is 54.7 Å². The summed E-state index contributed by atoms with van der Waals surface area (Å²) in [7, 11) is 0. The Morgan fingerprint density at radius 3 is 2.50 bits per heavy atom. The molecule has 2 aromatic rings. The van der Waals surface area contributed by atoms with E-state index in [0.29, 0.717) is 19.1 Å². The minimum absolute atomic E-state index is 0.167. The Morgan fingerprint density at radius 2 is 1.82 bits per heavy atom. The van der Waals surface area contributed by atoms with Crippen molar-refractivity contribution in [3.05, 3.63) is 60.1 Å². The third-order valence-electron chi connectivity index (χ3n) is 6.33. The van der Waals surface area contributed by atoms with E-state index in [1.807, 2.05) is 30.3 Å². The predicted octanol–water partition coefficient (Wildman–Crippen LogP) is 3.36. The highest BCUT2D eigenvalue weighted by Crippen LogP contribution is 2.35. The molecule has 2 fully saturated rings. The number of amides is 1. The second kappa shape index (κ2) is 8.93. The molecule has 1 N–H and O–H groups in total. The highest BCUT2D eigenvalue weighted by molar-refractivity contribution is 5.88. The third kappa shape index (κ3) is 4.31. The van der Waals surface area contributed by atoms with E-state index in [2.05, 4.69) is 22.3 Å². The number of hydrogen-bond acceptors (Lipinski definition) is 4. The van der Waals surface area contributed by atoms with E-state index in [1.165, 1.54) is 0 Å². The predicted molar refractivity (Wildman–Crippen MR) is 108 cm³/mol. The SMILES string of the molecule is O=C(NCC1CCN(Cc2ccco2)CC1)C1(c2ccccc2)CCOCC1. The number of furan rings is 1. The van der Waals surface area contributed by atoms with E-state index >= 15 is 0 Å². The monoisotopic (exact) mass is 382 g/mol. The van der Waals surface area contributed by atoms with Crippen molar-refractivity contribution in [2.45, 2.75) is 37.6 Å². The quantitative estimate of drug-likeness (QED) is 0.832. The van der Waals surface area contributed by atoms with Gasteiger partial charge in [-0.1, -0.05) is 30.3 Å². The van der Waals surface area contributed by atoms with Gasteiger partial charge in [0.2, 0.25) is 5.91 Å². The Bertz CT molecular complexity index is 730. The Morgan fingerprint density at radius 1 is 1.07 bits per heavy atom. The van der Waals surface area contributed by atoms with Crippen molar-refractivity contribution >= 4 is 5.91 Å². The molecule has 1 amide bonds. The van der Waals surface area contributed by atoms with Gasteiger partial charge in [-0.05, 0) is 62.4 Å². The molecule has 0 bridgehead atoms. The lowest BCUT2D eigenvalue weighted by atomic mass is 9.73. The van der Waals surface area contributed by atoms with Gasteiger partial charge in [-0.25, -0.2) is 0 Å². The molecule has 28 heavy (non-hydrogen) atoms. The molecule has 2 aliphatic rings. The van der Waals surface area contributed by atoms with Crippen molar-refractivity contribution in [2.24, 2.45) is 5.92 Å². The molecular formula is C23H30N2O3. The van der Waals surface area contributed by atoms with Gasteiger partial charge in [0.15, 0.2) is 0 Å². The number of nitrogens with zero attached hydrogens (tertiary/aromatic N) is 1. The molecule has 0 saturated carbocycles. The van der Waals surface area contributed by atoms with Crippen LogP contribution in [0.4, 0.5) is 0 Å². The van der Waals surface area contributed by atoms with Crippen LogP contribution in [0.3, 0.4) is 0 Å². The fourth-order valence-electron chi connectivity index (χ4n) is 4.50. The molecule has 150 valence electrons. The largest absolute Gasteiger partial charge is 0.468 e. The maximum Gasteiger partial charge on any atom is 0.230 e. The van der Waals surface area contributed by atoms with Gasteiger partial charge in [0.25, 0.3) is 0 Å². The summed E-state index contributed by atoms with van der Waals surface area (Å²) in [6.07, 6.45) is 5.47. The number of hydrogen-bond donors (Lipinski definition) is 1. The summed E-state index contributed by atoms with van der Waals surface area (Å²) in [5.74, 6) is 1.74. The van der Waals surface area contributed by atoms with Gasteiger partial charge in [0.1, 0.15) is 5.76 Å². The molecule has 0 unspecified atom stereocenters. The van der Waals surface area contributed by atoms with Crippen LogP contribution in [0.25, 0.3) is 0 Å². The van der Waals surface area contributed by atoms with E-state index in [0.717, 1.165) is 63.2 Å². The molecule has 5 heteroatoms. The summed E-state index contributed by atoms with van der Waals surface area (Å²) >= 11 is 0. The normalized spacial score (nSPS) is 20.7. The lowest BCUT2D eigenvalue weighted by Gasteiger charge is -2.37. The first-order chi connectivity index (χ1) is 13.8. The van der Waals surface area contributed by atoms with Crippen molar-refractivity contribution in [2.75, 3.05) is 32.8 Å². The van der Waals surface area contributed by atoms with E-state index in [9.17, 15) is 4.79 Å². The highest BCUT2D eigenvalue weighted by atomic mass is 16.5. The number of benzene rings is 1. The van der Waals surface area contributed by atoms with E-state index in [1.54, 1.807) is 6.26 Å². The zero-order valence-corrected chi connectivity index (χ0v) is 16.4. The van der Waals surface area contributed by atoms with Gasteiger partial charge < -0.3 is 14.5 Å². The van der Waals surface area contributed by atoms with E-state index in [-0.39, 0.29) is 5.91 Å². The summed E-state index contributed by atoms with van der Waals surface area (Å²) in [5.41, 5.74) is 0.670. The first kappa shape index (κ1) is 19.2.